The van der Waals surface area contributed by atoms with Gasteiger partial charge in [0.05, 0.1) is 25.2 Å². The number of anilines is 1. The second kappa shape index (κ2) is 7.43. The number of hydrogen-bond donors (Lipinski definition) is 0. The molecule has 0 aromatic heterocycles. The summed E-state index contributed by atoms with van der Waals surface area (Å²) in [5.74, 6) is 1.96. The summed E-state index contributed by atoms with van der Waals surface area (Å²) in [7, 11) is 0. The SMILES string of the molecule is ClCc1ccccc1.O=C1CC2OCC=C3CN4CCC56c7ccccc7N1C5[C@H]2[C@H]3C[C@H]46. The van der Waals surface area contributed by atoms with Crippen LogP contribution in [0.4, 0.5) is 5.69 Å². The van der Waals surface area contributed by atoms with E-state index in [9.17, 15) is 4.79 Å². The molecule has 4 fully saturated rings. The zero-order valence-corrected chi connectivity index (χ0v) is 19.5. The number of nitrogens with zero attached hydrogens (tertiary/aromatic N) is 2. The Morgan fingerprint density at radius 2 is 1.91 bits per heavy atom. The summed E-state index contributed by atoms with van der Waals surface area (Å²) in [6.45, 7) is 2.97. The normalized spacial score (nSPS) is 37.0. The highest BCUT2D eigenvalue weighted by Gasteiger charge is 2.70. The molecule has 1 spiro atoms. The molecule has 0 N–H and O–H groups in total. The lowest BCUT2D eigenvalue weighted by molar-refractivity contribution is -0.132. The van der Waals surface area contributed by atoms with Crippen molar-refractivity contribution >= 4 is 23.2 Å². The van der Waals surface area contributed by atoms with Crippen LogP contribution in [0.15, 0.2) is 66.2 Å². The molecule has 170 valence electrons. The maximum atomic E-state index is 13.2. The monoisotopic (exact) mass is 460 g/mol. The number of rotatable bonds is 1. The van der Waals surface area contributed by atoms with Gasteiger partial charge in [-0.2, -0.15) is 0 Å². The number of halogens is 1. The Labute approximate surface area is 200 Å². The number of hydrogen-bond acceptors (Lipinski definition) is 3. The van der Waals surface area contributed by atoms with Gasteiger partial charge in [0.25, 0.3) is 0 Å². The van der Waals surface area contributed by atoms with Crippen molar-refractivity contribution in [1.29, 1.82) is 0 Å². The van der Waals surface area contributed by atoms with Gasteiger partial charge in [0.2, 0.25) is 5.91 Å². The first-order valence-electron chi connectivity index (χ1n) is 12.3. The molecule has 5 aliphatic heterocycles. The Morgan fingerprint density at radius 1 is 1.09 bits per heavy atom. The van der Waals surface area contributed by atoms with E-state index in [-0.39, 0.29) is 17.4 Å². The number of fused-ring (bicyclic) bond motifs is 2. The fourth-order valence-electron chi connectivity index (χ4n) is 8.08. The van der Waals surface area contributed by atoms with Crippen LogP contribution in [-0.2, 0) is 20.8 Å². The number of benzene rings is 2. The molecule has 3 unspecified atom stereocenters. The van der Waals surface area contributed by atoms with Crippen molar-refractivity contribution in [1.82, 2.24) is 4.90 Å². The third-order valence-electron chi connectivity index (χ3n) is 9.21. The third kappa shape index (κ3) is 2.69. The lowest BCUT2D eigenvalue weighted by atomic mass is 9.53. The van der Waals surface area contributed by atoms with E-state index in [1.54, 1.807) is 5.57 Å². The zero-order chi connectivity index (χ0) is 22.2. The van der Waals surface area contributed by atoms with Crippen LogP contribution in [-0.4, -0.2) is 48.7 Å². The highest BCUT2D eigenvalue weighted by molar-refractivity contribution is 6.17. The van der Waals surface area contributed by atoms with E-state index < -0.39 is 0 Å². The molecule has 1 aliphatic carbocycles. The Hall–Kier alpha value is -2.14. The van der Waals surface area contributed by atoms with Crippen molar-refractivity contribution in [2.45, 2.75) is 48.7 Å². The first kappa shape index (κ1) is 20.3. The predicted octanol–water partition coefficient (Wildman–Crippen LogP) is 4.52. The molecule has 5 heterocycles. The maximum absolute atomic E-state index is 13.2. The van der Waals surface area contributed by atoms with Crippen molar-refractivity contribution in [3.63, 3.8) is 0 Å². The van der Waals surface area contributed by atoms with Crippen LogP contribution in [0.5, 0.6) is 0 Å². The van der Waals surface area contributed by atoms with Crippen LogP contribution in [0, 0.1) is 11.8 Å². The molecular formula is C28H29ClN2O2. The van der Waals surface area contributed by atoms with Crippen LogP contribution in [0.1, 0.15) is 30.4 Å². The van der Waals surface area contributed by atoms with Crippen molar-refractivity contribution in [2.75, 3.05) is 24.6 Å². The van der Waals surface area contributed by atoms with Crippen LogP contribution in [0.3, 0.4) is 0 Å². The Bertz CT molecular complexity index is 1130. The number of piperidine rings is 2. The van der Waals surface area contributed by atoms with Gasteiger partial charge in [-0.3, -0.25) is 9.69 Å². The second-order valence-electron chi connectivity index (χ2n) is 10.4. The molecular weight excluding hydrogens is 432 g/mol. The van der Waals surface area contributed by atoms with Crippen LogP contribution >= 0.6 is 11.6 Å². The predicted molar refractivity (Wildman–Crippen MR) is 129 cm³/mol. The Kier molecular flexibility index (Phi) is 4.56. The summed E-state index contributed by atoms with van der Waals surface area (Å²) in [6, 6.07) is 19.6. The number of para-hydroxylation sites is 1. The number of alkyl halides is 1. The summed E-state index contributed by atoms with van der Waals surface area (Å²) in [5, 5.41) is 0. The van der Waals surface area contributed by atoms with Gasteiger partial charge in [-0.1, -0.05) is 60.2 Å². The zero-order valence-electron chi connectivity index (χ0n) is 18.7. The average Bonchev–Trinajstić information content (AvgIpc) is 3.33. The van der Waals surface area contributed by atoms with E-state index in [1.165, 1.54) is 36.2 Å². The minimum absolute atomic E-state index is 0.104. The summed E-state index contributed by atoms with van der Waals surface area (Å²) >= 11 is 5.53. The maximum Gasteiger partial charge on any atom is 0.229 e. The standard InChI is InChI=1S/C21H22N2O2.C7H7Cl/c24-18-10-16-19-13-9-17-21(6-7-22(17)11-12(13)5-8-25-16)14-3-1-2-4-15(14)23(18)20(19)21;8-6-7-4-2-1-3-5-7/h1-5,13,16-17,19-20H,6-11H2;1-5H,6H2/t13-,16?,17-,19-,20?,21?;/m0./s1. The van der Waals surface area contributed by atoms with E-state index >= 15 is 0 Å². The Morgan fingerprint density at radius 3 is 2.73 bits per heavy atom. The molecule has 8 rings (SSSR count). The highest BCUT2D eigenvalue weighted by Crippen LogP contribution is 2.65. The molecule has 33 heavy (non-hydrogen) atoms. The van der Waals surface area contributed by atoms with Gasteiger partial charge in [0.15, 0.2) is 0 Å². The molecule has 2 aromatic carbocycles. The molecule has 6 aliphatic rings. The quantitative estimate of drug-likeness (QED) is 0.463. The summed E-state index contributed by atoms with van der Waals surface area (Å²) in [6.07, 6.45) is 5.43. The second-order valence-corrected chi connectivity index (χ2v) is 10.7. The minimum atomic E-state index is 0.104. The number of amides is 1. The largest absolute Gasteiger partial charge is 0.373 e. The molecule has 5 heteroatoms. The molecule has 4 nitrogen and oxygen atoms in total. The van der Waals surface area contributed by atoms with E-state index in [4.69, 9.17) is 16.3 Å². The van der Waals surface area contributed by atoms with Crippen LogP contribution in [0.25, 0.3) is 0 Å². The first-order valence-corrected chi connectivity index (χ1v) is 12.8. The van der Waals surface area contributed by atoms with E-state index in [0.717, 1.165) is 6.54 Å². The van der Waals surface area contributed by atoms with Gasteiger partial charge in [-0.25, -0.2) is 0 Å². The van der Waals surface area contributed by atoms with E-state index in [1.807, 2.05) is 30.3 Å². The molecule has 0 radical (unpaired) electrons. The van der Waals surface area contributed by atoms with Gasteiger partial charge >= 0.3 is 0 Å². The van der Waals surface area contributed by atoms with Crippen molar-refractivity contribution in [3.05, 3.63) is 77.4 Å². The van der Waals surface area contributed by atoms with E-state index in [2.05, 4.69) is 40.1 Å². The number of carbonyl (C=O) groups excluding carboxylic acids is 1. The molecule has 3 saturated heterocycles. The lowest BCUT2D eigenvalue weighted by Crippen LogP contribution is -2.69. The van der Waals surface area contributed by atoms with Crippen molar-refractivity contribution < 1.29 is 9.53 Å². The summed E-state index contributed by atoms with van der Waals surface area (Å²) in [4.78, 5) is 18.1. The summed E-state index contributed by atoms with van der Waals surface area (Å²) < 4.78 is 6.25. The average molecular weight is 461 g/mol. The van der Waals surface area contributed by atoms with Gasteiger partial charge in [-0.15, -0.1) is 11.6 Å². The fourth-order valence-corrected chi connectivity index (χ4v) is 8.25. The van der Waals surface area contributed by atoms with Crippen LogP contribution in [0.2, 0.25) is 0 Å². The molecule has 1 saturated carbocycles. The Balaban J connectivity index is 0.000000205. The summed E-state index contributed by atoms with van der Waals surface area (Å²) in [5.41, 5.74) is 5.53. The van der Waals surface area contributed by atoms with Gasteiger partial charge in [0, 0.05) is 35.5 Å². The number of carbonyl (C=O) groups is 1. The molecule has 2 bridgehead atoms. The topological polar surface area (TPSA) is 32.8 Å². The van der Waals surface area contributed by atoms with Crippen LogP contribution < -0.4 is 4.90 Å². The highest BCUT2D eigenvalue weighted by atomic mass is 35.5. The van der Waals surface area contributed by atoms with Crippen molar-refractivity contribution in [3.8, 4) is 0 Å². The molecule has 1 amide bonds. The fraction of sp³-hybridized carbons (Fsp3) is 0.464. The van der Waals surface area contributed by atoms with Crippen molar-refractivity contribution in [2.24, 2.45) is 11.8 Å². The lowest BCUT2D eigenvalue weighted by Gasteiger charge is -2.58. The molecule has 6 atom stereocenters. The third-order valence-corrected chi connectivity index (χ3v) is 9.52. The minimum Gasteiger partial charge on any atom is -0.373 e. The van der Waals surface area contributed by atoms with E-state index in [0.29, 0.717) is 42.8 Å². The first-order chi connectivity index (χ1) is 16.2. The van der Waals surface area contributed by atoms with Gasteiger partial charge < -0.3 is 9.64 Å². The number of ether oxygens (including phenoxy) is 1. The molecule has 2 aromatic rings. The smallest absolute Gasteiger partial charge is 0.229 e. The van der Waals surface area contributed by atoms with Gasteiger partial charge in [0.1, 0.15) is 0 Å². The van der Waals surface area contributed by atoms with Gasteiger partial charge in [-0.05, 0) is 42.5 Å².